The van der Waals surface area contributed by atoms with Crippen molar-refractivity contribution in [2.45, 2.75) is 12.8 Å². The van der Waals surface area contributed by atoms with Crippen LogP contribution in [0.3, 0.4) is 0 Å². The van der Waals surface area contributed by atoms with Gasteiger partial charge in [-0.2, -0.15) is 5.26 Å². The van der Waals surface area contributed by atoms with E-state index in [9.17, 15) is 14.9 Å². The lowest BCUT2D eigenvalue weighted by Gasteiger charge is -2.10. The molecular weight excluding hydrogens is 416 g/mol. The van der Waals surface area contributed by atoms with Crippen LogP contribution in [-0.2, 0) is 17.6 Å². The first-order valence-electron chi connectivity index (χ1n) is 9.50. The third kappa shape index (κ3) is 6.33. The van der Waals surface area contributed by atoms with Gasteiger partial charge in [0.1, 0.15) is 17.6 Å². The zero-order chi connectivity index (χ0) is 22.2. The molecule has 1 amide bonds. The highest BCUT2D eigenvalue weighted by atomic mass is 35.5. The van der Waals surface area contributed by atoms with Gasteiger partial charge in [0.05, 0.1) is 12.0 Å². The average molecular weight is 435 g/mol. The Hall–Kier alpha value is -3.82. The molecule has 0 radical (unpaired) electrons. The highest BCUT2D eigenvalue weighted by Crippen LogP contribution is 2.26. The normalized spacial score (nSPS) is 10.2. The molecule has 0 heterocycles. The molecule has 0 spiro atoms. The number of hydrogen-bond acceptors (Lipinski definition) is 4. The van der Waals surface area contributed by atoms with E-state index >= 15 is 0 Å². The highest BCUT2D eigenvalue weighted by molar-refractivity contribution is 6.30. The molecule has 31 heavy (non-hydrogen) atoms. The number of aliphatic carboxylic acids is 1. The number of amides is 1. The monoisotopic (exact) mass is 434 g/mol. The second-order valence-corrected chi connectivity index (χ2v) is 7.21. The summed E-state index contributed by atoms with van der Waals surface area (Å²) in [5.74, 6) is -0.406. The van der Waals surface area contributed by atoms with Gasteiger partial charge in [0.15, 0.2) is 0 Å². The Morgan fingerprint density at radius 2 is 1.81 bits per heavy atom. The van der Waals surface area contributed by atoms with Crippen LogP contribution in [0.1, 0.15) is 27.0 Å². The SMILES string of the molecule is N#Cc1cc(CC(=O)O)ccc1Oc1ccc(C(=O)NCCc2cccc(Cl)c2)cc1. The van der Waals surface area contributed by atoms with Crippen molar-refractivity contribution in [1.29, 1.82) is 5.26 Å². The molecule has 3 rings (SSSR count). The van der Waals surface area contributed by atoms with E-state index in [1.807, 2.05) is 24.3 Å². The Bertz CT molecular complexity index is 1140. The molecule has 2 N–H and O–H groups in total. The van der Waals surface area contributed by atoms with Gasteiger partial charge in [-0.15, -0.1) is 0 Å². The fraction of sp³-hybridized carbons (Fsp3) is 0.125. The van der Waals surface area contributed by atoms with Crippen molar-refractivity contribution in [2.75, 3.05) is 6.54 Å². The van der Waals surface area contributed by atoms with Crippen LogP contribution in [0.5, 0.6) is 11.5 Å². The quantitative estimate of drug-likeness (QED) is 0.539. The zero-order valence-electron chi connectivity index (χ0n) is 16.5. The number of nitrogens with zero attached hydrogens (tertiary/aromatic N) is 1. The molecule has 0 atom stereocenters. The van der Waals surface area contributed by atoms with Crippen LogP contribution in [0.2, 0.25) is 5.02 Å². The molecule has 0 aromatic heterocycles. The van der Waals surface area contributed by atoms with E-state index in [0.29, 0.717) is 40.6 Å². The number of ether oxygens (including phenoxy) is 1. The minimum Gasteiger partial charge on any atom is -0.481 e. The molecule has 0 aliphatic rings. The number of nitriles is 1. The van der Waals surface area contributed by atoms with E-state index in [-0.39, 0.29) is 17.9 Å². The first-order valence-corrected chi connectivity index (χ1v) is 9.88. The predicted octanol–water partition coefficient (Wildman–Crippen LogP) is 4.60. The fourth-order valence-electron chi connectivity index (χ4n) is 2.95. The molecule has 0 bridgehead atoms. The molecule has 6 nitrogen and oxygen atoms in total. The largest absolute Gasteiger partial charge is 0.481 e. The van der Waals surface area contributed by atoms with Crippen LogP contribution in [-0.4, -0.2) is 23.5 Å². The Kier molecular flexibility index (Phi) is 7.26. The molecule has 0 saturated heterocycles. The third-order valence-corrected chi connectivity index (χ3v) is 4.69. The summed E-state index contributed by atoms with van der Waals surface area (Å²) < 4.78 is 5.73. The number of hydrogen-bond donors (Lipinski definition) is 2. The first-order chi connectivity index (χ1) is 14.9. The minimum absolute atomic E-state index is 0.171. The summed E-state index contributed by atoms with van der Waals surface area (Å²) in [4.78, 5) is 23.2. The molecule has 156 valence electrons. The minimum atomic E-state index is -0.973. The molecule has 3 aromatic rings. The van der Waals surface area contributed by atoms with E-state index in [4.69, 9.17) is 21.4 Å². The topological polar surface area (TPSA) is 99.4 Å². The summed E-state index contributed by atoms with van der Waals surface area (Å²) in [5.41, 5.74) is 2.28. The number of carbonyl (C=O) groups excluding carboxylic acids is 1. The van der Waals surface area contributed by atoms with Crippen LogP contribution < -0.4 is 10.1 Å². The summed E-state index contributed by atoms with van der Waals surface area (Å²) in [6.45, 7) is 0.478. The van der Waals surface area contributed by atoms with Gasteiger partial charge < -0.3 is 15.2 Å². The van der Waals surface area contributed by atoms with Gasteiger partial charge in [-0.1, -0.05) is 29.8 Å². The van der Waals surface area contributed by atoms with Crippen molar-refractivity contribution >= 4 is 23.5 Å². The molecule has 0 saturated carbocycles. The Balaban J connectivity index is 1.59. The Morgan fingerprint density at radius 3 is 2.48 bits per heavy atom. The number of carbonyl (C=O) groups is 2. The predicted molar refractivity (Wildman–Crippen MR) is 117 cm³/mol. The molecule has 0 aliphatic carbocycles. The van der Waals surface area contributed by atoms with Gasteiger partial charge in [-0.25, -0.2) is 0 Å². The molecule has 3 aromatic carbocycles. The molecule has 0 aliphatic heterocycles. The van der Waals surface area contributed by atoms with Crippen LogP contribution >= 0.6 is 11.6 Å². The second-order valence-electron chi connectivity index (χ2n) is 6.78. The Labute approximate surface area is 184 Å². The second kappa shape index (κ2) is 10.3. The first kappa shape index (κ1) is 21.9. The highest BCUT2D eigenvalue weighted by Gasteiger charge is 2.10. The van der Waals surface area contributed by atoms with Gasteiger partial charge in [0.2, 0.25) is 0 Å². The van der Waals surface area contributed by atoms with Gasteiger partial charge in [0.25, 0.3) is 5.91 Å². The lowest BCUT2D eigenvalue weighted by atomic mass is 10.1. The number of carboxylic acid groups (broad SMARTS) is 1. The average Bonchev–Trinajstić information content (AvgIpc) is 2.75. The summed E-state index contributed by atoms with van der Waals surface area (Å²) in [6.07, 6.45) is 0.498. The van der Waals surface area contributed by atoms with E-state index < -0.39 is 5.97 Å². The van der Waals surface area contributed by atoms with E-state index in [1.54, 1.807) is 42.5 Å². The maximum Gasteiger partial charge on any atom is 0.307 e. The van der Waals surface area contributed by atoms with E-state index in [1.165, 1.54) is 6.07 Å². The van der Waals surface area contributed by atoms with Crippen LogP contribution in [0, 0.1) is 11.3 Å². The molecular formula is C24H19ClN2O4. The van der Waals surface area contributed by atoms with Gasteiger partial charge in [-0.05, 0) is 66.1 Å². The van der Waals surface area contributed by atoms with Crippen molar-refractivity contribution in [3.8, 4) is 17.6 Å². The fourth-order valence-corrected chi connectivity index (χ4v) is 3.17. The standard InChI is InChI=1S/C24H19ClN2O4/c25-20-3-1-2-16(13-20)10-11-27-24(30)18-5-7-21(8-6-18)31-22-9-4-17(14-23(28)29)12-19(22)15-26/h1-9,12-13H,10-11,14H2,(H,27,30)(H,28,29). The van der Waals surface area contributed by atoms with Crippen molar-refractivity contribution in [3.05, 3.63) is 94.0 Å². The summed E-state index contributed by atoms with van der Waals surface area (Å²) in [7, 11) is 0. The number of benzene rings is 3. The lowest BCUT2D eigenvalue weighted by molar-refractivity contribution is -0.136. The van der Waals surface area contributed by atoms with Crippen molar-refractivity contribution in [3.63, 3.8) is 0 Å². The maximum absolute atomic E-state index is 12.3. The summed E-state index contributed by atoms with van der Waals surface area (Å²) in [6, 6.07) is 20.7. The van der Waals surface area contributed by atoms with Gasteiger partial charge in [-0.3, -0.25) is 9.59 Å². The van der Waals surface area contributed by atoms with Gasteiger partial charge >= 0.3 is 5.97 Å². The van der Waals surface area contributed by atoms with E-state index in [0.717, 1.165) is 5.56 Å². The number of carboxylic acids is 1. The summed E-state index contributed by atoms with van der Waals surface area (Å²) >= 11 is 5.96. The maximum atomic E-state index is 12.3. The third-order valence-electron chi connectivity index (χ3n) is 4.45. The number of halogens is 1. The Morgan fingerprint density at radius 1 is 1.03 bits per heavy atom. The smallest absolute Gasteiger partial charge is 0.307 e. The molecule has 0 fully saturated rings. The van der Waals surface area contributed by atoms with Crippen molar-refractivity contribution < 1.29 is 19.4 Å². The van der Waals surface area contributed by atoms with Crippen LogP contribution in [0.25, 0.3) is 0 Å². The number of nitrogens with one attached hydrogen (secondary N) is 1. The van der Waals surface area contributed by atoms with Crippen LogP contribution in [0.15, 0.2) is 66.7 Å². The van der Waals surface area contributed by atoms with Gasteiger partial charge in [0, 0.05) is 17.1 Å². The zero-order valence-corrected chi connectivity index (χ0v) is 17.2. The summed E-state index contributed by atoms with van der Waals surface area (Å²) in [5, 5.41) is 21.7. The molecule has 0 unspecified atom stereocenters. The number of rotatable bonds is 8. The van der Waals surface area contributed by atoms with E-state index in [2.05, 4.69) is 5.32 Å². The van der Waals surface area contributed by atoms with Crippen molar-refractivity contribution in [1.82, 2.24) is 5.32 Å². The molecule has 7 heteroatoms. The van der Waals surface area contributed by atoms with Crippen LogP contribution in [0.4, 0.5) is 0 Å². The van der Waals surface area contributed by atoms with Crippen molar-refractivity contribution in [2.24, 2.45) is 0 Å². The lowest BCUT2D eigenvalue weighted by Crippen LogP contribution is -2.25.